The number of hydrogen-bond acceptors (Lipinski definition) is 5. The van der Waals surface area contributed by atoms with E-state index in [2.05, 4.69) is 32.9 Å². The Kier molecular flexibility index (Phi) is 6.88. The van der Waals surface area contributed by atoms with Gasteiger partial charge in [0, 0.05) is 13.1 Å². The molecule has 0 radical (unpaired) electrons. The van der Waals surface area contributed by atoms with Gasteiger partial charge in [0.05, 0.1) is 38.5 Å². The zero-order valence-electron chi connectivity index (χ0n) is 19.6. The second-order valence-corrected chi connectivity index (χ2v) is 9.39. The number of rotatable bonds is 5. The van der Waals surface area contributed by atoms with Crippen LogP contribution >= 0.6 is 0 Å². The molecule has 0 aliphatic carbocycles. The van der Waals surface area contributed by atoms with Crippen LogP contribution in [0.4, 0.5) is 5.69 Å². The summed E-state index contributed by atoms with van der Waals surface area (Å²) in [6.07, 6.45) is -0.527. The van der Waals surface area contributed by atoms with Crippen LogP contribution in [-0.4, -0.2) is 62.3 Å². The number of carbonyl (C=O) groups is 2. The van der Waals surface area contributed by atoms with E-state index in [0.29, 0.717) is 37.7 Å². The third-order valence-electron chi connectivity index (χ3n) is 5.98. The second kappa shape index (κ2) is 9.83. The van der Waals surface area contributed by atoms with Gasteiger partial charge in [-0.05, 0) is 35.2 Å². The van der Waals surface area contributed by atoms with Crippen molar-refractivity contribution >= 4 is 17.5 Å². The molecule has 2 amide bonds. The van der Waals surface area contributed by atoms with E-state index in [4.69, 9.17) is 14.2 Å². The molecule has 0 N–H and O–H groups in total. The summed E-state index contributed by atoms with van der Waals surface area (Å²) < 4.78 is 17.2. The molecule has 1 fully saturated rings. The van der Waals surface area contributed by atoms with Gasteiger partial charge in [0.25, 0.3) is 5.91 Å². The van der Waals surface area contributed by atoms with Gasteiger partial charge in [-0.15, -0.1) is 0 Å². The average molecular weight is 453 g/mol. The number of morpholine rings is 1. The third kappa shape index (κ3) is 5.47. The van der Waals surface area contributed by atoms with Gasteiger partial charge in [0.15, 0.2) is 6.10 Å². The van der Waals surface area contributed by atoms with E-state index in [9.17, 15) is 9.59 Å². The monoisotopic (exact) mass is 452 g/mol. The van der Waals surface area contributed by atoms with Gasteiger partial charge in [-0.3, -0.25) is 9.59 Å². The average Bonchev–Trinajstić information content (AvgIpc) is 2.83. The predicted octanol–water partition coefficient (Wildman–Crippen LogP) is 3.41. The molecular weight excluding hydrogens is 420 g/mol. The smallest absolute Gasteiger partial charge is 0.265 e. The Morgan fingerprint density at radius 2 is 1.73 bits per heavy atom. The summed E-state index contributed by atoms with van der Waals surface area (Å²) in [4.78, 5) is 29.5. The first-order valence-corrected chi connectivity index (χ1v) is 11.5. The van der Waals surface area contributed by atoms with Crippen LogP contribution in [0.5, 0.6) is 11.5 Å². The number of amides is 2. The summed E-state index contributed by atoms with van der Waals surface area (Å²) in [5.41, 5.74) is 1.99. The van der Waals surface area contributed by atoms with Crippen molar-refractivity contribution in [1.29, 1.82) is 0 Å². The number of ether oxygens (including phenoxy) is 3. The molecule has 0 bridgehead atoms. The van der Waals surface area contributed by atoms with Crippen LogP contribution in [0.1, 0.15) is 32.8 Å². The van der Waals surface area contributed by atoms with Gasteiger partial charge >= 0.3 is 0 Å². The Labute approximate surface area is 195 Å². The van der Waals surface area contributed by atoms with Crippen molar-refractivity contribution in [2.24, 2.45) is 0 Å². The van der Waals surface area contributed by atoms with Gasteiger partial charge < -0.3 is 24.0 Å². The lowest BCUT2D eigenvalue weighted by atomic mass is 9.87. The van der Waals surface area contributed by atoms with Gasteiger partial charge in [0.2, 0.25) is 5.91 Å². The molecule has 176 valence electrons. The van der Waals surface area contributed by atoms with Crippen LogP contribution in [0.25, 0.3) is 0 Å². The zero-order chi connectivity index (χ0) is 23.4. The number of nitrogens with zero attached hydrogens (tertiary/aromatic N) is 2. The fourth-order valence-corrected chi connectivity index (χ4v) is 4.03. The standard InChI is InChI=1S/C26H32N2O5/c1-26(2,3)19-8-10-20(11-9-19)32-15-12-24(29)28-18-23(25(30)27-13-16-31-17-14-27)33-22-7-5-4-6-21(22)28/h4-11,23H,12-18H2,1-3H3/t23-/m0/s1. The van der Waals surface area contributed by atoms with Crippen molar-refractivity contribution in [3.8, 4) is 11.5 Å². The molecule has 0 aromatic heterocycles. The maximum absolute atomic E-state index is 13.1. The maximum atomic E-state index is 13.1. The topological polar surface area (TPSA) is 68.3 Å². The first kappa shape index (κ1) is 23.1. The van der Waals surface area contributed by atoms with E-state index in [1.165, 1.54) is 5.56 Å². The SMILES string of the molecule is CC(C)(C)c1ccc(OCCC(=O)N2C[C@@H](C(=O)N3CCOCC3)Oc3ccccc32)cc1. The Balaban J connectivity index is 1.39. The first-order chi connectivity index (χ1) is 15.8. The number of hydrogen-bond donors (Lipinski definition) is 0. The van der Waals surface area contributed by atoms with Crippen molar-refractivity contribution in [1.82, 2.24) is 4.90 Å². The molecule has 7 nitrogen and oxygen atoms in total. The van der Waals surface area contributed by atoms with E-state index < -0.39 is 6.10 Å². The molecule has 2 aliphatic rings. The van der Waals surface area contributed by atoms with Crippen molar-refractivity contribution < 1.29 is 23.8 Å². The second-order valence-electron chi connectivity index (χ2n) is 9.39. The lowest BCUT2D eigenvalue weighted by Gasteiger charge is -2.37. The number of anilines is 1. The van der Waals surface area contributed by atoms with E-state index >= 15 is 0 Å². The Morgan fingerprint density at radius 1 is 1.03 bits per heavy atom. The zero-order valence-corrected chi connectivity index (χ0v) is 19.6. The lowest BCUT2D eigenvalue weighted by molar-refractivity contribution is -0.142. The molecular formula is C26H32N2O5. The minimum absolute atomic E-state index is 0.0768. The summed E-state index contributed by atoms with van der Waals surface area (Å²) in [6.45, 7) is 9.06. The molecule has 7 heteroatoms. The molecule has 1 atom stereocenters. The van der Waals surface area contributed by atoms with E-state index in [-0.39, 0.29) is 36.8 Å². The van der Waals surface area contributed by atoms with Crippen molar-refractivity contribution in [3.05, 3.63) is 54.1 Å². The highest BCUT2D eigenvalue weighted by Gasteiger charge is 2.36. The van der Waals surface area contributed by atoms with Crippen LogP contribution in [-0.2, 0) is 19.7 Å². The van der Waals surface area contributed by atoms with Crippen LogP contribution in [0.2, 0.25) is 0 Å². The van der Waals surface area contributed by atoms with Gasteiger partial charge in [-0.25, -0.2) is 0 Å². The van der Waals surface area contributed by atoms with Crippen molar-refractivity contribution in [2.75, 3.05) is 44.4 Å². The summed E-state index contributed by atoms with van der Waals surface area (Å²) in [5, 5.41) is 0. The largest absolute Gasteiger partial charge is 0.493 e. The molecule has 1 saturated heterocycles. The molecule has 4 rings (SSSR count). The maximum Gasteiger partial charge on any atom is 0.265 e. The number of benzene rings is 2. The highest BCUT2D eigenvalue weighted by Crippen LogP contribution is 2.34. The molecule has 2 aromatic carbocycles. The normalized spacial score (nSPS) is 18.3. The Bertz CT molecular complexity index is 977. The minimum Gasteiger partial charge on any atom is -0.493 e. The van der Waals surface area contributed by atoms with Crippen molar-refractivity contribution in [2.45, 2.75) is 38.7 Å². The lowest BCUT2D eigenvalue weighted by Crippen LogP contribution is -2.54. The molecule has 0 spiro atoms. The van der Waals surface area contributed by atoms with Gasteiger partial charge in [-0.1, -0.05) is 45.0 Å². The van der Waals surface area contributed by atoms with E-state index in [1.54, 1.807) is 15.9 Å². The fraction of sp³-hybridized carbons (Fsp3) is 0.462. The summed E-state index contributed by atoms with van der Waals surface area (Å²) >= 11 is 0. The molecule has 2 aliphatic heterocycles. The van der Waals surface area contributed by atoms with Crippen LogP contribution in [0, 0.1) is 0 Å². The Hall–Kier alpha value is -3.06. The molecule has 0 saturated carbocycles. The van der Waals surface area contributed by atoms with Crippen LogP contribution in [0.3, 0.4) is 0 Å². The minimum atomic E-state index is -0.729. The van der Waals surface area contributed by atoms with E-state index in [1.807, 2.05) is 30.3 Å². The van der Waals surface area contributed by atoms with E-state index in [0.717, 1.165) is 5.75 Å². The quantitative estimate of drug-likeness (QED) is 0.696. The predicted molar refractivity (Wildman–Crippen MR) is 126 cm³/mol. The van der Waals surface area contributed by atoms with Crippen LogP contribution < -0.4 is 14.4 Å². The number of para-hydroxylation sites is 2. The highest BCUT2D eigenvalue weighted by molar-refractivity contribution is 5.97. The summed E-state index contributed by atoms with van der Waals surface area (Å²) in [7, 11) is 0. The first-order valence-electron chi connectivity index (χ1n) is 11.5. The third-order valence-corrected chi connectivity index (χ3v) is 5.98. The summed E-state index contributed by atoms with van der Waals surface area (Å²) in [6, 6.07) is 15.3. The fourth-order valence-electron chi connectivity index (χ4n) is 4.03. The van der Waals surface area contributed by atoms with Gasteiger partial charge in [-0.2, -0.15) is 0 Å². The number of carbonyl (C=O) groups excluding carboxylic acids is 2. The van der Waals surface area contributed by atoms with Crippen LogP contribution in [0.15, 0.2) is 48.5 Å². The highest BCUT2D eigenvalue weighted by atomic mass is 16.5. The number of fused-ring (bicyclic) bond motifs is 1. The molecule has 33 heavy (non-hydrogen) atoms. The molecule has 2 heterocycles. The van der Waals surface area contributed by atoms with Crippen molar-refractivity contribution in [3.63, 3.8) is 0 Å². The molecule has 0 unspecified atom stereocenters. The molecule has 2 aromatic rings. The van der Waals surface area contributed by atoms with Gasteiger partial charge in [0.1, 0.15) is 11.5 Å². The summed E-state index contributed by atoms with van der Waals surface area (Å²) in [5.74, 6) is 1.07. The Morgan fingerprint density at radius 3 is 2.42 bits per heavy atom.